The van der Waals surface area contributed by atoms with E-state index in [0.717, 1.165) is 23.4 Å². The van der Waals surface area contributed by atoms with Gasteiger partial charge in [0, 0.05) is 21.9 Å². The number of thioether (sulfide) groups is 1. The molecule has 1 unspecified atom stereocenters. The van der Waals surface area contributed by atoms with Crippen LogP contribution >= 0.6 is 23.4 Å². The van der Waals surface area contributed by atoms with Crippen molar-refractivity contribution in [3.8, 4) is 0 Å². The highest BCUT2D eigenvalue weighted by Crippen LogP contribution is 2.54. The topological polar surface area (TPSA) is 32.3 Å². The summed E-state index contributed by atoms with van der Waals surface area (Å²) in [5, 5.41) is 4.19. The van der Waals surface area contributed by atoms with Crippen molar-refractivity contribution in [2.45, 2.75) is 30.0 Å². The van der Waals surface area contributed by atoms with Gasteiger partial charge in [-0.15, -0.1) is 11.8 Å². The molecular formula is C19H19ClN2OS. The van der Waals surface area contributed by atoms with E-state index < -0.39 is 4.87 Å². The quantitative estimate of drug-likeness (QED) is 0.875. The minimum absolute atomic E-state index is 0.0170. The molecule has 1 atom stereocenters. The number of hydrogen-bond donors (Lipinski definition) is 1. The van der Waals surface area contributed by atoms with E-state index in [1.807, 2.05) is 47.4 Å². The average Bonchev–Trinajstić information content (AvgIpc) is 3.00. The van der Waals surface area contributed by atoms with Gasteiger partial charge in [-0.3, -0.25) is 10.1 Å². The van der Waals surface area contributed by atoms with E-state index >= 15 is 0 Å². The van der Waals surface area contributed by atoms with E-state index in [2.05, 4.69) is 25.2 Å². The second kappa shape index (κ2) is 5.51. The summed E-state index contributed by atoms with van der Waals surface area (Å²) >= 11 is 8.03. The van der Waals surface area contributed by atoms with E-state index in [1.54, 1.807) is 11.8 Å². The highest BCUT2D eigenvalue weighted by Gasteiger charge is 2.57. The number of anilines is 1. The van der Waals surface area contributed by atoms with Gasteiger partial charge in [0.1, 0.15) is 0 Å². The number of benzene rings is 2. The largest absolute Gasteiger partial charge is 0.305 e. The van der Waals surface area contributed by atoms with Crippen LogP contribution in [0.4, 0.5) is 5.69 Å². The number of nitrogens with zero attached hydrogens (tertiary/aromatic N) is 1. The molecule has 1 fully saturated rings. The van der Waals surface area contributed by atoms with Crippen LogP contribution in [0.5, 0.6) is 0 Å². The summed E-state index contributed by atoms with van der Waals surface area (Å²) in [6, 6.07) is 15.8. The molecule has 1 amide bonds. The normalized spacial score (nSPS) is 24.6. The van der Waals surface area contributed by atoms with Crippen LogP contribution in [-0.2, 0) is 16.2 Å². The molecule has 2 aliphatic rings. The number of para-hydroxylation sites is 1. The maximum atomic E-state index is 13.4. The van der Waals surface area contributed by atoms with Crippen molar-refractivity contribution in [2.75, 3.05) is 11.4 Å². The third-order valence-corrected chi connectivity index (χ3v) is 6.51. The maximum Gasteiger partial charge on any atom is 0.262 e. The molecule has 124 valence electrons. The molecule has 0 radical (unpaired) electrons. The summed E-state index contributed by atoms with van der Waals surface area (Å²) < 4.78 is 0.0170. The number of carbonyl (C=O) groups excluding carboxylic acids is 1. The predicted octanol–water partition coefficient (Wildman–Crippen LogP) is 4.15. The van der Waals surface area contributed by atoms with Crippen LogP contribution in [0.3, 0.4) is 0 Å². The van der Waals surface area contributed by atoms with Gasteiger partial charge in [-0.1, -0.05) is 48.0 Å². The number of hydrogen-bond acceptors (Lipinski definition) is 3. The fraction of sp³-hybridized carbons (Fsp3) is 0.316. The van der Waals surface area contributed by atoms with Gasteiger partial charge in [0.2, 0.25) is 0 Å². The molecule has 24 heavy (non-hydrogen) atoms. The van der Waals surface area contributed by atoms with Gasteiger partial charge in [0.25, 0.3) is 5.91 Å². The van der Waals surface area contributed by atoms with Crippen molar-refractivity contribution in [3.05, 3.63) is 64.7 Å². The Bertz CT molecular complexity index is 823. The second-order valence-corrected chi connectivity index (χ2v) is 9.23. The lowest BCUT2D eigenvalue weighted by Crippen LogP contribution is -2.44. The number of carbonyl (C=O) groups is 1. The standard InChI is InChI=1S/C19H19ClN2OS/c1-18(2)12-21-19(24-18)14-8-4-6-10-16(14)22(17(19)23)11-13-7-3-5-9-15(13)20/h3-10,21H,11-12H2,1-2H3. The highest BCUT2D eigenvalue weighted by molar-refractivity contribution is 8.02. The summed E-state index contributed by atoms with van der Waals surface area (Å²) in [4.78, 5) is 14.6. The van der Waals surface area contributed by atoms with Crippen molar-refractivity contribution in [1.29, 1.82) is 0 Å². The van der Waals surface area contributed by atoms with Crippen molar-refractivity contribution >= 4 is 35.0 Å². The lowest BCUT2D eigenvalue weighted by atomic mass is 10.1. The summed E-state index contributed by atoms with van der Waals surface area (Å²) in [6.07, 6.45) is 0. The Morgan fingerprint density at radius 1 is 1.17 bits per heavy atom. The van der Waals surface area contributed by atoms with Crippen LogP contribution in [0.15, 0.2) is 48.5 Å². The predicted molar refractivity (Wildman–Crippen MR) is 100 cm³/mol. The summed E-state index contributed by atoms with van der Waals surface area (Å²) in [6.45, 7) is 5.63. The van der Waals surface area contributed by atoms with Crippen molar-refractivity contribution in [3.63, 3.8) is 0 Å². The first-order valence-corrected chi connectivity index (χ1v) is 9.22. The molecule has 0 saturated carbocycles. The number of amides is 1. The van der Waals surface area contributed by atoms with E-state index in [1.165, 1.54) is 0 Å². The fourth-order valence-electron chi connectivity index (χ4n) is 3.47. The molecule has 2 aromatic rings. The second-order valence-electron chi connectivity index (χ2n) is 6.90. The van der Waals surface area contributed by atoms with Gasteiger partial charge in [-0.2, -0.15) is 0 Å². The molecule has 1 saturated heterocycles. The molecule has 2 heterocycles. The van der Waals surface area contributed by atoms with Crippen LogP contribution in [0.2, 0.25) is 5.02 Å². The maximum absolute atomic E-state index is 13.4. The molecule has 2 aromatic carbocycles. The Morgan fingerprint density at radius 2 is 1.88 bits per heavy atom. The molecule has 1 spiro atoms. The number of halogens is 1. The zero-order valence-electron chi connectivity index (χ0n) is 13.7. The molecule has 0 aromatic heterocycles. The molecular weight excluding hydrogens is 340 g/mol. The first-order chi connectivity index (χ1) is 11.4. The summed E-state index contributed by atoms with van der Waals surface area (Å²) in [7, 11) is 0. The van der Waals surface area contributed by atoms with Gasteiger partial charge in [-0.25, -0.2) is 0 Å². The fourth-order valence-corrected chi connectivity index (χ4v) is 5.26. The SMILES string of the molecule is CC1(C)CNC2(S1)C(=O)N(Cc1ccccc1Cl)c1ccccc12. The Balaban J connectivity index is 1.78. The number of fused-ring (bicyclic) bond motifs is 2. The lowest BCUT2D eigenvalue weighted by molar-refractivity contribution is -0.121. The van der Waals surface area contributed by atoms with E-state index in [0.29, 0.717) is 11.6 Å². The number of nitrogens with one attached hydrogen (secondary N) is 1. The Morgan fingerprint density at radius 3 is 2.58 bits per heavy atom. The van der Waals surface area contributed by atoms with Crippen molar-refractivity contribution < 1.29 is 4.79 Å². The third-order valence-electron chi connectivity index (χ3n) is 4.60. The zero-order valence-corrected chi connectivity index (χ0v) is 15.2. The van der Waals surface area contributed by atoms with Crippen LogP contribution in [0, 0.1) is 0 Å². The molecule has 3 nitrogen and oxygen atoms in total. The van der Waals surface area contributed by atoms with Gasteiger partial charge >= 0.3 is 0 Å². The van der Waals surface area contributed by atoms with Gasteiger partial charge in [0.05, 0.1) is 12.2 Å². The molecule has 0 aliphatic carbocycles. The smallest absolute Gasteiger partial charge is 0.262 e. The van der Waals surface area contributed by atoms with Crippen molar-refractivity contribution in [2.24, 2.45) is 0 Å². The molecule has 2 aliphatic heterocycles. The molecule has 5 heteroatoms. The zero-order chi connectivity index (χ0) is 16.9. The van der Waals surface area contributed by atoms with Crippen LogP contribution < -0.4 is 10.2 Å². The minimum Gasteiger partial charge on any atom is -0.305 e. The van der Waals surface area contributed by atoms with Gasteiger partial charge in [0.15, 0.2) is 4.87 Å². The van der Waals surface area contributed by atoms with Gasteiger partial charge in [-0.05, 0) is 31.5 Å². The summed E-state index contributed by atoms with van der Waals surface area (Å²) in [5.74, 6) is 0.0965. The van der Waals surface area contributed by atoms with Gasteiger partial charge < -0.3 is 4.90 Å². The number of rotatable bonds is 2. The van der Waals surface area contributed by atoms with E-state index in [9.17, 15) is 4.79 Å². The lowest BCUT2D eigenvalue weighted by Gasteiger charge is -2.25. The average molecular weight is 359 g/mol. The molecule has 0 bridgehead atoms. The highest BCUT2D eigenvalue weighted by atomic mass is 35.5. The minimum atomic E-state index is -0.679. The first-order valence-electron chi connectivity index (χ1n) is 8.03. The van der Waals surface area contributed by atoms with E-state index in [4.69, 9.17) is 11.6 Å². The summed E-state index contributed by atoms with van der Waals surface area (Å²) in [5.41, 5.74) is 2.99. The van der Waals surface area contributed by atoms with Crippen LogP contribution in [0.1, 0.15) is 25.0 Å². The Labute approximate surface area is 151 Å². The van der Waals surface area contributed by atoms with Crippen LogP contribution in [0.25, 0.3) is 0 Å². The first kappa shape index (κ1) is 16.0. The molecule has 4 rings (SSSR count). The Kier molecular flexibility index (Phi) is 3.68. The Hall–Kier alpha value is -1.49. The monoisotopic (exact) mass is 358 g/mol. The van der Waals surface area contributed by atoms with E-state index in [-0.39, 0.29) is 10.7 Å². The van der Waals surface area contributed by atoms with Crippen molar-refractivity contribution in [1.82, 2.24) is 5.32 Å². The molecule has 1 N–H and O–H groups in total. The van der Waals surface area contributed by atoms with Crippen LogP contribution in [-0.4, -0.2) is 17.2 Å². The third kappa shape index (κ3) is 2.36.